The standard InChI is InChI=1S/C25H16Br2N2O2S/c26-18-8-6-16(7-9-18)21-14-20(15-4-2-1-3-5-15)28-25-29(21)24(31)23(32-25)13-17-12-19(27)10-11-22(17)30/h1-14,21,30H. The van der Waals surface area contributed by atoms with Crippen LogP contribution >= 0.6 is 43.2 Å². The Balaban J connectivity index is 1.75. The van der Waals surface area contributed by atoms with E-state index in [0.717, 1.165) is 25.8 Å². The van der Waals surface area contributed by atoms with Crippen molar-refractivity contribution in [3.05, 3.63) is 124 Å². The zero-order chi connectivity index (χ0) is 22.2. The van der Waals surface area contributed by atoms with Crippen molar-refractivity contribution in [2.24, 2.45) is 4.99 Å². The minimum atomic E-state index is -0.284. The smallest absolute Gasteiger partial charge is 0.271 e. The molecule has 0 spiro atoms. The Hall–Kier alpha value is -2.74. The molecule has 2 heterocycles. The summed E-state index contributed by atoms with van der Waals surface area (Å²) in [5.41, 5.74) is 3.26. The van der Waals surface area contributed by atoms with Crippen molar-refractivity contribution < 1.29 is 5.11 Å². The van der Waals surface area contributed by atoms with Crippen molar-refractivity contribution in [1.29, 1.82) is 0 Å². The average Bonchev–Trinajstić information content (AvgIpc) is 3.12. The van der Waals surface area contributed by atoms with Gasteiger partial charge in [-0.3, -0.25) is 9.36 Å². The van der Waals surface area contributed by atoms with E-state index in [0.29, 0.717) is 14.9 Å². The van der Waals surface area contributed by atoms with Crippen molar-refractivity contribution in [2.45, 2.75) is 6.04 Å². The molecule has 1 atom stereocenters. The molecule has 32 heavy (non-hydrogen) atoms. The van der Waals surface area contributed by atoms with E-state index >= 15 is 0 Å². The molecule has 7 heteroatoms. The first-order chi connectivity index (χ1) is 15.5. The molecule has 0 saturated carbocycles. The summed E-state index contributed by atoms with van der Waals surface area (Å²) in [6.45, 7) is 0. The van der Waals surface area contributed by atoms with Crippen LogP contribution in [-0.2, 0) is 0 Å². The summed E-state index contributed by atoms with van der Waals surface area (Å²) in [5, 5.41) is 10.2. The molecule has 4 nitrogen and oxygen atoms in total. The number of benzene rings is 3. The van der Waals surface area contributed by atoms with Gasteiger partial charge in [0, 0.05) is 14.5 Å². The maximum atomic E-state index is 13.5. The van der Waals surface area contributed by atoms with Crippen molar-refractivity contribution in [3.8, 4) is 5.75 Å². The fraction of sp³-hybridized carbons (Fsp3) is 0.0400. The van der Waals surface area contributed by atoms with E-state index in [2.05, 4.69) is 31.9 Å². The molecule has 0 saturated heterocycles. The first-order valence-corrected chi connectivity index (χ1v) is 12.2. The van der Waals surface area contributed by atoms with Crippen molar-refractivity contribution in [3.63, 3.8) is 0 Å². The van der Waals surface area contributed by atoms with Gasteiger partial charge in [-0.25, -0.2) is 4.99 Å². The summed E-state index contributed by atoms with van der Waals surface area (Å²) in [4.78, 5) is 18.9. The number of aromatic hydroxyl groups is 1. The quantitative estimate of drug-likeness (QED) is 0.368. The predicted molar refractivity (Wildman–Crippen MR) is 135 cm³/mol. The Morgan fingerprint density at radius 3 is 2.44 bits per heavy atom. The van der Waals surface area contributed by atoms with Crippen LogP contribution in [0.5, 0.6) is 5.75 Å². The number of hydrogen-bond donors (Lipinski definition) is 1. The first-order valence-electron chi connectivity index (χ1n) is 9.82. The molecule has 0 radical (unpaired) electrons. The number of hydrogen-bond acceptors (Lipinski definition) is 4. The average molecular weight is 568 g/mol. The summed E-state index contributed by atoms with van der Waals surface area (Å²) in [5.74, 6) is 0.119. The number of phenols is 1. The van der Waals surface area contributed by atoms with Crippen LogP contribution in [0.25, 0.3) is 11.8 Å². The number of thiazole rings is 1. The van der Waals surface area contributed by atoms with E-state index in [1.807, 2.05) is 60.7 Å². The van der Waals surface area contributed by atoms with E-state index in [9.17, 15) is 9.90 Å². The molecule has 158 valence electrons. The summed E-state index contributed by atoms with van der Waals surface area (Å²) in [6, 6.07) is 22.8. The van der Waals surface area contributed by atoms with Gasteiger partial charge in [-0.15, -0.1) is 0 Å². The van der Waals surface area contributed by atoms with Crippen LogP contribution in [0.15, 0.2) is 97.6 Å². The van der Waals surface area contributed by atoms with E-state index in [1.54, 1.807) is 28.8 Å². The number of halogens is 2. The third-order valence-electron chi connectivity index (χ3n) is 5.20. The second kappa shape index (κ2) is 8.65. The number of rotatable bonds is 3. The monoisotopic (exact) mass is 566 g/mol. The van der Waals surface area contributed by atoms with Gasteiger partial charge in [0.1, 0.15) is 5.75 Å². The molecule has 0 fully saturated rings. The van der Waals surface area contributed by atoms with Crippen LogP contribution in [0, 0.1) is 0 Å². The zero-order valence-electron chi connectivity index (χ0n) is 16.6. The number of allylic oxidation sites excluding steroid dienone is 1. The summed E-state index contributed by atoms with van der Waals surface area (Å²) in [7, 11) is 0. The van der Waals surface area contributed by atoms with Gasteiger partial charge in [0.15, 0.2) is 4.80 Å². The number of fused-ring (bicyclic) bond motifs is 1. The highest BCUT2D eigenvalue weighted by Gasteiger charge is 2.22. The maximum Gasteiger partial charge on any atom is 0.271 e. The lowest BCUT2D eigenvalue weighted by Gasteiger charge is -2.19. The summed E-state index contributed by atoms with van der Waals surface area (Å²) in [6.07, 6.45) is 3.74. The van der Waals surface area contributed by atoms with Gasteiger partial charge >= 0.3 is 0 Å². The van der Waals surface area contributed by atoms with Gasteiger partial charge < -0.3 is 5.11 Å². The van der Waals surface area contributed by atoms with Crippen molar-refractivity contribution in [2.75, 3.05) is 0 Å². The molecule has 5 rings (SSSR count). The molecule has 4 aromatic rings. The maximum absolute atomic E-state index is 13.5. The van der Waals surface area contributed by atoms with Crippen LogP contribution in [0.3, 0.4) is 0 Å². The number of nitrogens with zero attached hydrogens (tertiary/aromatic N) is 2. The van der Waals surface area contributed by atoms with Crippen molar-refractivity contribution >= 4 is 55.0 Å². The van der Waals surface area contributed by atoms with Crippen LogP contribution < -0.4 is 14.9 Å². The molecule has 0 amide bonds. The Kier molecular flexibility index (Phi) is 5.71. The van der Waals surface area contributed by atoms with E-state index < -0.39 is 0 Å². The molecular formula is C25H16Br2N2O2S. The minimum Gasteiger partial charge on any atom is -0.507 e. The largest absolute Gasteiger partial charge is 0.507 e. The molecule has 3 aromatic carbocycles. The highest BCUT2D eigenvalue weighted by Crippen LogP contribution is 2.28. The van der Waals surface area contributed by atoms with Crippen LogP contribution in [-0.4, -0.2) is 9.67 Å². The molecule has 1 aliphatic heterocycles. The molecule has 1 aromatic heterocycles. The Morgan fingerprint density at radius 1 is 0.969 bits per heavy atom. The predicted octanol–water partition coefficient (Wildman–Crippen LogP) is 5.23. The molecule has 1 N–H and O–H groups in total. The van der Waals surface area contributed by atoms with E-state index in [1.165, 1.54) is 11.3 Å². The topological polar surface area (TPSA) is 54.6 Å². The van der Waals surface area contributed by atoms with Gasteiger partial charge in [-0.05, 0) is 53.6 Å². The van der Waals surface area contributed by atoms with E-state index in [-0.39, 0.29) is 17.4 Å². The molecule has 1 unspecified atom stereocenters. The Labute approximate surface area is 204 Å². The van der Waals surface area contributed by atoms with Gasteiger partial charge in [0.2, 0.25) is 0 Å². The molecule has 0 bridgehead atoms. The summed E-state index contributed by atoms with van der Waals surface area (Å²) >= 11 is 8.23. The fourth-order valence-corrected chi connectivity index (χ4v) is 5.28. The van der Waals surface area contributed by atoms with Gasteiger partial charge in [0.25, 0.3) is 5.56 Å². The van der Waals surface area contributed by atoms with Gasteiger partial charge in [-0.1, -0.05) is 85.7 Å². The highest BCUT2D eigenvalue weighted by molar-refractivity contribution is 9.10. The lowest BCUT2D eigenvalue weighted by Crippen LogP contribution is -2.36. The van der Waals surface area contributed by atoms with Crippen LogP contribution in [0.4, 0.5) is 0 Å². The lowest BCUT2D eigenvalue weighted by atomic mass is 10.0. The number of aromatic nitrogens is 1. The third kappa shape index (κ3) is 4.03. The first kappa shape index (κ1) is 21.1. The van der Waals surface area contributed by atoms with E-state index in [4.69, 9.17) is 4.99 Å². The normalized spacial score (nSPS) is 15.8. The lowest BCUT2D eigenvalue weighted by molar-refractivity contribution is 0.474. The van der Waals surface area contributed by atoms with Crippen molar-refractivity contribution in [1.82, 2.24) is 4.57 Å². The minimum absolute atomic E-state index is 0.119. The Bertz CT molecular complexity index is 1520. The SMILES string of the molecule is O=c1c(=Cc2cc(Br)ccc2O)sc2n1C(c1ccc(Br)cc1)C=C(c1ccccc1)N=2. The highest BCUT2D eigenvalue weighted by atomic mass is 79.9. The molecule has 1 aliphatic rings. The number of phenolic OH excluding ortho intramolecular Hbond substituents is 1. The molecular weight excluding hydrogens is 552 g/mol. The summed E-state index contributed by atoms with van der Waals surface area (Å²) < 4.78 is 4.04. The second-order valence-electron chi connectivity index (χ2n) is 7.30. The second-order valence-corrected chi connectivity index (χ2v) is 10.1. The fourth-order valence-electron chi connectivity index (χ4n) is 3.63. The van der Waals surface area contributed by atoms with Crippen LogP contribution in [0.2, 0.25) is 0 Å². The van der Waals surface area contributed by atoms with Gasteiger partial charge in [0.05, 0.1) is 16.3 Å². The van der Waals surface area contributed by atoms with Gasteiger partial charge in [-0.2, -0.15) is 0 Å². The van der Waals surface area contributed by atoms with Crippen LogP contribution in [0.1, 0.15) is 22.7 Å². The third-order valence-corrected chi connectivity index (χ3v) is 7.21. The zero-order valence-corrected chi connectivity index (χ0v) is 20.6. The Morgan fingerprint density at radius 2 is 1.69 bits per heavy atom. The molecule has 0 aliphatic carbocycles.